The normalized spacial score (nSPS) is 10.6. The van der Waals surface area contributed by atoms with Crippen molar-refractivity contribution >= 4 is 0 Å². The van der Waals surface area contributed by atoms with Crippen LogP contribution < -0.4 is 9.47 Å². The van der Waals surface area contributed by atoms with E-state index in [1.54, 1.807) is 0 Å². The van der Waals surface area contributed by atoms with Crippen LogP contribution in [0.15, 0.2) is 42.5 Å². The quantitative estimate of drug-likeness (QED) is 0.527. The summed E-state index contributed by atoms with van der Waals surface area (Å²) in [5, 5.41) is 0. The van der Waals surface area contributed by atoms with Crippen LogP contribution in [0.25, 0.3) is 11.1 Å². The van der Waals surface area contributed by atoms with Crippen molar-refractivity contribution in [1.82, 2.24) is 0 Å². The van der Waals surface area contributed by atoms with Crippen molar-refractivity contribution in [3.05, 3.63) is 48.0 Å². The van der Waals surface area contributed by atoms with Gasteiger partial charge in [0.15, 0.2) is 0 Å². The number of rotatable bonds is 9. The van der Waals surface area contributed by atoms with Gasteiger partial charge in [0, 0.05) is 0 Å². The second-order valence-corrected chi connectivity index (χ2v) is 5.91. The zero-order chi connectivity index (χ0) is 16.5. The average Bonchev–Trinajstić information content (AvgIpc) is 2.57. The maximum Gasteiger partial charge on any atom is 0.122 e. The van der Waals surface area contributed by atoms with Crippen molar-refractivity contribution in [2.45, 2.75) is 46.5 Å². The lowest BCUT2D eigenvalue weighted by molar-refractivity contribution is 0.307. The summed E-state index contributed by atoms with van der Waals surface area (Å²) < 4.78 is 11.5. The lowest BCUT2D eigenvalue weighted by Gasteiger charge is -2.11. The third-order valence-corrected chi connectivity index (χ3v) is 3.88. The molecule has 0 spiro atoms. The van der Waals surface area contributed by atoms with Gasteiger partial charge in [0.05, 0.1) is 13.2 Å². The monoisotopic (exact) mass is 312 g/mol. The first kappa shape index (κ1) is 17.4. The Morgan fingerprint density at radius 1 is 0.739 bits per heavy atom. The van der Waals surface area contributed by atoms with Crippen LogP contribution in [0.3, 0.4) is 0 Å². The Morgan fingerprint density at radius 2 is 1.35 bits per heavy atom. The smallest absolute Gasteiger partial charge is 0.122 e. The van der Waals surface area contributed by atoms with Crippen LogP contribution in [0.2, 0.25) is 0 Å². The van der Waals surface area contributed by atoms with Crippen LogP contribution >= 0.6 is 0 Å². The van der Waals surface area contributed by atoms with Gasteiger partial charge >= 0.3 is 0 Å². The first-order valence-electron chi connectivity index (χ1n) is 8.71. The molecule has 0 amide bonds. The van der Waals surface area contributed by atoms with E-state index in [1.165, 1.54) is 16.7 Å². The fraction of sp³-hybridized carbons (Fsp3) is 0.429. The molecular formula is C21H28O2. The molecule has 0 saturated heterocycles. The molecular weight excluding hydrogens is 284 g/mol. The molecule has 0 radical (unpaired) electrons. The van der Waals surface area contributed by atoms with Crippen molar-refractivity contribution in [3.8, 4) is 22.6 Å². The number of hydrogen-bond donors (Lipinski definition) is 0. The summed E-state index contributed by atoms with van der Waals surface area (Å²) in [5.41, 5.74) is 3.60. The Balaban J connectivity index is 2.02. The first-order chi connectivity index (χ1) is 11.2. The van der Waals surface area contributed by atoms with Gasteiger partial charge in [-0.25, -0.2) is 0 Å². The Hall–Kier alpha value is -1.96. The summed E-state index contributed by atoms with van der Waals surface area (Å²) in [6.07, 6.45) is 4.51. The van der Waals surface area contributed by atoms with Crippen molar-refractivity contribution in [3.63, 3.8) is 0 Å². The molecule has 0 bridgehead atoms. The first-order valence-corrected chi connectivity index (χ1v) is 8.71. The van der Waals surface area contributed by atoms with Gasteiger partial charge in [-0.1, -0.05) is 44.9 Å². The summed E-state index contributed by atoms with van der Waals surface area (Å²) in [7, 11) is 0. The van der Waals surface area contributed by atoms with E-state index in [-0.39, 0.29) is 0 Å². The molecule has 0 fully saturated rings. The van der Waals surface area contributed by atoms with Gasteiger partial charge in [0.1, 0.15) is 11.5 Å². The Morgan fingerprint density at radius 3 is 1.96 bits per heavy atom. The van der Waals surface area contributed by atoms with Crippen LogP contribution in [0.1, 0.15) is 45.1 Å². The van der Waals surface area contributed by atoms with Crippen LogP contribution in [0.5, 0.6) is 11.5 Å². The lowest BCUT2D eigenvalue weighted by atomic mass is 10.0. The number of aryl methyl sites for hydroxylation is 1. The molecule has 0 aliphatic carbocycles. The minimum absolute atomic E-state index is 0.790. The number of ether oxygens (including phenoxy) is 2. The van der Waals surface area contributed by atoms with Gasteiger partial charge in [0.25, 0.3) is 0 Å². The van der Waals surface area contributed by atoms with E-state index >= 15 is 0 Å². The van der Waals surface area contributed by atoms with E-state index < -0.39 is 0 Å². The highest BCUT2D eigenvalue weighted by Gasteiger charge is 2.04. The van der Waals surface area contributed by atoms with Crippen molar-refractivity contribution < 1.29 is 9.47 Å². The topological polar surface area (TPSA) is 18.5 Å². The molecule has 2 aromatic carbocycles. The number of unbranched alkanes of at least 4 members (excludes halogenated alkanes) is 2. The zero-order valence-electron chi connectivity index (χ0n) is 14.6. The Labute approximate surface area is 140 Å². The number of benzene rings is 2. The highest BCUT2D eigenvalue weighted by molar-refractivity contribution is 5.66. The van der Waals surface area contributed by atoms with Crippen molar-refractivity contribution in [2.75, 3.05) is 13.2 Å². The average molecular weight is 312 g/mol. The largest absolute Gasteiger partial charge is 0.494 e. The van der Waals surface area contributed by atoms with E-state index in [2.05, 4.69) is 51.1 Å². The second kappa shape index (κ2) is 9.24. The second-order valence-electron chi connectivity index (χ2n) is 5.91. The lowest BCUT2D eigenvalue weighted by Crippen LogP contribution is -1.98. The Kier molecular flexibility index (Phi) is 6.99. The number of hydrogen-bond acceptors (Lipinski definition) is 2. The van der Waals surface area contributed by atoms with Crippen LogP contribution in [0, 0.1) is 6.92 Å². The molecule has 0 aliphatic heterocycles. The third-order valence-electron chi connectivity index (χ3n) is 3.88. The fourth-order valence-electron chi connectivity index (χ4n) is 2.40. The van der Waals surface area contributed by atoms with Gasteiger partial charge < -0.3 is 9.47 Å². The molecule has 0 atom stereocenters. The molecule has 124 valence electrons. The van der Waals surface area contributed by atoms with E-state index in [1.807, 2.05) is 12.1 Å². The Bertz CT molecular complexity index is 587. The molecule has 2 nitrogen and oxygen atoms in total. The van der Waals surface area contributed by atoms with Crippen LogP contribution in [0.4, 0.5) is 0 Å². The summed E-state index contributed by atoms with van der Waals surface area (Å²) in [6.45, 7) is 8.03. The van der Waals surface area contributed by atoms with Gasteiger partial charge in [-0.15, -0.1) is 0 Å². The predicted molar refractivity (Wildman–Crippen MR) is 97.4 cm³/mol. The maximum atomic E-state index is 5.82. The fourth-order valence-corrected chi connectivity index (χ4v) is 2.40. The standard InChI is InChI=1S/C21H28O2/c1-4-6-14-22-20-11-8-18(9-12-20)19-10-13-21(17(3)16-19)23-15-7-5-2/h8-13,16H,4-7,14-15H2,1-3H3. The van der Waals surface area contributed by atoms with Gasteiger partial charge in [-0.05, 0) is 60.7 Å². The zero-order valence-corrected chi connectivity index (χ0v) is 14.6. The molecule has 0 saturated carbocycles. The molecule has 0 unspecified atom stereocenters. The minimum Gasteiger partial charge on any atom is -0.494 e. The summed E-state index contributed by atoms with van der Waals surface area (Å²) in [5.74, 6) is 1.93. The maximum absolute atomic E-state index is 5.82. The highest BCUT2D eigenvalue weighted by atomic mass is 16.5. The van der Waals surface area contributed by atoms with Crippen molar-refractivity contribution in [1.29, 1.82) is 0 Å². The molecule has 0 N–H and O–H groups in total. The molecule has 0 aromatic heterocycles. The predicted octanol–water partition coefficient (Wildman–Crippen LogP) is 6.02. The van der Waals surface area contributed by atoms with E-state index in [0.717, 1.165) is 50.4 Å². The molecule has 0 aliphatic rings. The molecule has 2 heteroatoms. The van der Waals surface area contributed by atoms with Gasteiger partial charge in [-0.2, -0.15) is 0 Å². The van der Waals surface area contributed by atoms with Crippen molar-refractivity contribution in [2.24, 2.45) is 0 Å². The molecule has 2 rings (SSSR count). The van der Waals surface area contributed by atoms with E-state index in [9.17, 15) is 0 Å². The molecule has 23 heavy (non-hydrogen) atoms. The molecule has 2 aromatic rings. The third kappa shape index (κ3) is 5.31. The highest BCUT2D eigenvalue weighted by Crippen LogP contribution is 2.27. The van der Waals surface area contributed by atoms with E-state index in [0.29, 0.717) is 0 Å². The van der Waals surface area contributed by atoms with Crippen LogP contribution in [-0.2, 0) is 0 Å². The summed E-state index contributed by atoms with van der Waals surface area (Å²) >= 11 is 0. The summed E-state index contributed by atoms with van der Waals surface area (Å²) in [4.78, 5) is 0. The van der Waals surface area contributed by atoms with Gasteiger partial charge in [0.2, 0.25) is 0 Å². The van der Waals surface area contributed by atoms with E-state index in [4.69, 9.17) is 9.47 Å². The minimum atomic E-state index is 0.790. The summed E-state index contributed by atoms with van der Waals surface area (Å²) in [6, 6.07) is 14.7. The van der Waals surface area contributed by atoms with Gasteiger partial charge in [-0.3, -0.25) is 0 Å². The molecule has 0 heterocycles. The SMILES string of the molecule is CCCCOc1ccc(-c2ccc(OCCCC)c(C)c2)cc1. The van der Waals surface area contributed by atoms with Crippen LogP contribution in [-0.4, -0.2) is 13.2 Å².